The molecule has 4 nitrogen and oxygen atoms in total. The largest absolute Gasteiger partial charge is 0.333 e. The van der Waals surface area contributed by atoms with Crippen molar-refractivity contribution in [3.05, 3.63) is 66.2 Å². The van der Waals surface area contributed by atoms with Gasteiger partial charge in [0.1, 0.15) is 5.82 Å². The summed E-state index contributed by atoms with van der Waals surface area (Å²) in [5, 5.41) is 9.93. The predicted octanol–water partition coefficient (Wildman–Crippen LogP) is 3.56. The standard InChI is InChI=1S/C18H14N4/c1-12-19-20-18-11-21-15-8-4-2-6-13(15)10-17(21)14-7-3-5-9-16(14)22(12)18/h2-10H,11H2,1H3. The second kappa shape index (κ2) is 4.07. The van der Waals surface area contributed by atoms with Crippen molar-refractivity contribution in [2.45, 2.75) is 13.5 Å². The van der Waals surface area contributed by atoms with E-state index in [1.165, 1.54) is 22.2 Å². The molecule has 106 valence electrons. The highest BCUT2D eigenvalue weighted by molar-refractivity contribution is 5.89. The Kier molecular flexibility index (Phi) is 2.17. The van der Waals surface area contributed by atoms with Gasteiger partial charge in [-0.2, -0.15) is 0 Å². The van der Waals surface area contributed by atoms with E-state index >= 15 is 0 Å². The summed E-state index contributed by atoms with van der Waals surface area (Å²) in [4.78, 5) is 0. The van der Waals surface area contributed by atoms with E-state index in [-0.39, 0.29) is 0 Å². The maximum atomic E-state index is 4.39. The molecular weight excluding hydrogens is 272 g/mol. The van der Waals surface area contributed by atoms with Gasteiger partial charge in [0.05, 0.1) is 17.9 Å². The van der Waals surface area contributed by atoms with Gasteiger partial charge in [0.15, 0.2) is 5.82 Å². The van der Waals surface area contributed by atoms with Gasteiger partial charge < -0.3 is 4.57 Å². The van der Waals surface area contributed by atoms with Crippen molar-refractivity contribution >= 4 is 10.9 Å². The summed E-state index contributed by atoms with van der Waals surface area (Å²) >= 11 is 0. The molecule has 0 radical (unpaired) electrons. The summed E-state index contributed by atoms with van der Waals surface area (Å²) in [7, 11) is 0. The fourth-order valence-electron chi connectivity index (χ4n) is 3.45. The first-order valence-corrected chi connectivity index (χ1v) is 7.42. The highest BCUT2D eigenvalue weighted by Crippen LogP contribution is 2.35. The van der Waals surface area contributed by atoms with Crippen LogP contribution in [-0.2, 0) is 6.54 Å². The van der Waals surface area contributed by atoms with E-state index in [4.69, 9.17) is 0 Å². The molecule has 0 unspecified atom stereocenters. The first kappa shape index (κ1) is 11.7. The van der Waals surface area contributed by atoms with E-state index in [0.29, 0.717) is 0 Å². The molecule has 3 heterocycles. The van der Waals surface area contributed by atoms with Crippen LogP contribution in [0.4, 0.5) is 0 Å². The van der Waals surface area contributed by atoms with Crippen molar-refractivity contribution in [2.75, 3.05) is 0 Å². The molecular formula is C18H14N4. The molecule has 2 aromatic heterocycles. The van der Waals surface area contributed by atoms with Crippen molar-refractivity contribution in [3.63, 3.8) is 0 Å². The zero-order valence-corrected chi connectivity index (χ0v) is 12.2. The number of hydrogen-bond acceptors (Lipinski definition) is 2. The Balaban J connectivity index is 1.95. The number of aryl methyl sites for hydroxylation is 1. The van der Waals surface area contributed by atoms with Crippen LogP contribution in [0.15, 0.2) is 54.6 Å². The van der Waals surface area contributed by atoms with Gasteiger partial charge in [0.2, 0.25) is 0 Å². The molecule has 4 aromatic rings. The fraction of sp³-hybridized carbons (Fsp3) is 0.111. The fourth-order valence-corrected chi connectivity index (χ4v) is 3.45. The smallest absolute Gasteiger partial charge is 0.157 e. The zero-order chi connectivity index (χ0) is 14.7. The molecule has 1 aliphatic heterocycles. The molecule has 0 N–H and O–H groups in total. The number of nitrogens with zero attached hydrogens (tertiary/aromatic N) is 4. The summed E-state index contributed by atoms with van der Waals surface area (Å²) in [6.07, 6.45) is 0. The third kappa shape index (κ3) is 1.41. The van der Waals surface area contributed by atoms with Crippen LogP contribution in [0.2, 0.25) is 0 Å². The van der Waals surface area contributed by atoms with Gasteiger partial charge in [0, 0.05) is 16.5 Å². The van der Waals surface area contributed by atoms with Crippen LogP contribution in [0.25, 0.3) is 27.8 Å². The van der Waals surface area contributed by atoms with Crippen molar-refractivity contribution in [3.8, 4) is 16.9 Å². The topological polar surface area (TPSA) is 35.6 Å². The third-order valence-corrected chi connectivity index (χ3v) is 4.42. The zero-order valence-electron chi connectivity index (χ0n) is 12.2. The maximum absolute atomic E-state index is 4.39. The Hall–Kier alpha value is -2.88. The van der Waals surface area contributed by atoms with Crippen LogP contribution in [0.5, 0.6) is 0 Å². The van der Waals surface area contributed by atoms with E-state index in [1.54, 1.807) is 0 Å². The number of hydrogen-bond donors (Lipinski definition) is 0. The van der Waals surface area contributed by atoms with Gasteiger partial charge in [-0.25, -0.2) is 0 Å². The molecule has 0 bridgehead atoms. The van der Waals surface area contributed by atoms with Crippen LogP contribution in [-0.4, -0.2) is 19.3 Å². The molecule has 0 amide bonds. The molecule has 0 fully saturated rings. The molecule has 0 atom stereocenters. The van der Waals surface area contributed by atoms with Crippen molar-refractivity contribution in [1.82, 2.24) is 19.3 Å². The quantitative estimate of drug-likeness (QED) is 0.436. The first-order chi connectivity index (χ1) is 10.8. The van der Waals surface area contributed by atoms with Gasteiger partial charge in [0.25, 0.3) is 0 Å². The van der Waals surface area contributed by atoms with Crippen LogP contribution in [0, 0.1) is 6.92 Å². The average molecular weight is 286 g/mol. The molecule has 1 aliphatic rings. The molecule has 22 heavy (non-hydrogen) atoms. The van der Waals surface area contributed by atoms with Gasteiger partial charge in [-0.15, -0.1) is 10.2 Å². The number of para-hydroxylation sites is 2. The Labute approximate surface area is 127 Å². The summed E-state index contributed by atoms with van der Waals surface area (Å²) in [5.41, 5.74) is 4.85. The Morgan fingerprint density at radius 3 is 2.73 bits per heavy atom. The Morgan fingerprint density at radius 1 is 0.955 bits per heavy atom. The highest BCUT2D eigenvalue weighted by atomic mass is 15.3. The lowest BCUT2D eigenvalue weighted by molar-refractivity contribution is 0.765. The lowest BCUT2D eigenvalue weighted by atomic mass is 10.1. The summed E-state index contributed by atoms with van der Waals surface area (Å²) < 4.78 is 4.50. The lowest BCUT2D eigenvalue weighted by Crippen LogP contribution is -2.05. The normalized spacial score (nSPS) is 12.6. The second-order valence-corrected chi connectivity index (χ2v) is 5.69. The monoisotopic (exact) mass is 286 g/mol. The first-order valence-electron chi connectivity index (χ1n) is 7.42. The van der Waals surface area contributed by atoms with Crippen molar-refractivity contribution in [1.29, 1.82) is 0 Å². The summed E-state index contributed by atoms with van der Waals surface area (Å²) in [5.74, 6) is 1.91. The molecule has 4 heteroatoms. The highest BCUT2D eigenvalue weighted by Gasteiger charge is 2.22. The molecule has 2 aromatic carbocycles. The van der Waals surface area contributed by atoms with Crippen LogP contribution in [0.1, 0.15) is 11.6 Å². The Bertz CT molecular complexity index is 1020. The molecule has 0 saturated carbocycles. The molecule has 0 spiro atoms. The summed E-state index contributed by atoms with van der Waals surface area (Å²) in [6, 6.07) is 19.2. The molecule has 0 aliphatic carbocycles. The number of rotatable bonds is 0. The van der Waals surface area contributed by atoms with Gasteiger partial charge >= 0.3 is 0 Å². The van der Waals surface area contributed by atoms with Gasteiger partial charge in [-0.05, 0) is 25.1 Å². The number of benzene rings is 2. The summed E-state index contributed by atoms with van der Waals surface area (Å²) in [6.45, 7) is 2.74. The minimum atomic E-state index is 0.734. The van der Waals surface area contributed by atoms with Crippen LogP contribution >= 0.6 is 0 Å². The van der Waals surface area contributed by atoms with Gasteiger partial charge in [-0.1, -0.05) is 36.4 Å². The molecule has 0 saturated heterocycles. The minimum absolute atomic E-state index is 0.734. The van der Waals surface area contributed by atoms with E-state index in [1.807, 2.05) is 6.92 Å². The SMILES string of the molecule is Cc1nnc2n1-c1ccccc1-c1cc3ccccc3n1C2. The van der Waals surface area contributed by atoms with E-state index in [2.05, 4.69) is 73.9 Å². The third-order valence-electron chi connectivity index (χ3n) is 4.42. The van der Waals surface area contributed by atoms with Crippen molar-refractivity contribution in [2.24, 2.45) is 0 Å². The Morgan fingerprint density at radius 2 is 1.77 bits per heavy atom. The lowest BCUT2D eigenvalue weighted by Gasteiger charge is -2.09. The van der Waals surface area contributed by atoms with Crippen molar-refractivity contribution < 1.29 is 0 Å². The minimum Gasteiger partial charge on any atom is -0.333 e. The van der Waals surface area contributed by atoms with E-state index in [9.17, 15) is 0 Å². The van der Waals surface area contributed by atoms with Crippen LogP contribution in [0.3, 0.4) is 0 Å². The maximum Gasteiger partial charge on any atom is 0.157 e. The number of fused-ring (bicyclic) bond motifs is 7. The molecule has 5 rings (SSSR count). The van der Waals surface area contributed by atoms with E-state index in [0.717, 1.165) is 23.9 Å². The number of aromatic nitrogens is 4. The average Bonchev–Trinajstić information content (AvgIpc) is 3.05. The van der Waals surface area contributed by atoms with Crippen LogP contribution < -0.4 is 0 Å². The van der Waals surface area contributed by atoms with Gasteiger partial charge in [-0.3, -0.25) is 4.57 Å². The predicted molar refractivity (Wildman–Crippen MR) is 86.1 cm³/mol. The second-order valence-electron chi connectivity index (χ2n) is 5.69. The van der Waals surface area contributed by atoms with E-state index < -0.39 is 0 Å².